The second-order valence-electron chi connectivity index (χ2n) is 6.75. The minimum Gasteiger partial charge on any atom is -0.508 e. The van der Waals surface area contributed by atoms with Crippen molar-refractivity contribution in [3.8, 4) is 5.75 Å². The van der Waals surface area contributed by atoms with Gasteiger partial charge in [0.2, 0.25) is 5.91 Å². The fraction of sp³-hybridized carbons (Fsp3) is 0.579. The van der Waals surface area contributed by atoms with Crippen molar-refractivity contribution in [1.29, 1.82) is 0 Å². The summed E-state index contributed by atoms with van der Waals surface area (Å²) in [5.74, 6) is 1.33. The Labute approximate surface area is 150 Å². The van der Waals surface area contributed by atoms with Gasteiger partial charge in [-0.25, -0.2) is 0 Å². The Balaban J connectivity index is 1.86. The molecular formula is C19H30N4O2. The molecule has 1 saturated heterocycles. The Morgan fingerprint density at radius 1 is 1.44 bits per heavy atom. The Hall–Kier alpha value is -2.24. The zero-order valence-electron chi connectivity index (χ0n) is 15.5. The third-order valence-electron chi connectivity index (χ3n) is 4.26. The summed E-state index contributed by atoms with van der Waals surface area (Å²) in [6.45, 7) is 8.88. The minimum atomic E-state index is 0.0444. The first kappa shape index (κ1) is 19.1. The molecular weight excluding hydrogens is 316 g/mol. The van der Waals surface area contributed by atoms with Gasteiger partial charge in [0.25, 0.3) is 0 Å². The van der Waals surface area contributed by atoms with Crippen LogP contribution in [0.1, 0.15) is 32.8 Å². The van der Waals surface area contributed by atoms with Crippen LogP contribution in [0.25, 0.3) is 0 Å². The van der Waals surface area contributed by atoms with E-state index in [1.165, 1.54) is 0 Å². The molecule has 6 nitrogen and oxygen atoms in total. The van der Waals surface area contributed by atoms with Gasteiger partial charge in [-0.3, -0.25) is 9.79 Å². The van der Waals surface area contributed by atoms with Gasteiger partial charge in [-0.1, -0.05) is 26.0 Å². The molecule has 1 aliphatic rings. The molecule has 1 aromatic carbocycles. The number of nitrogens with one attached hydrogen (secondary N) is 2. The van der Waals surface area contributed by atoms with Crippen molar-refractivity contribution in [3.63, 3.8) is 0 Å². The number of phenols is 1. The highest BCUT2D eigenvalue weighted by atomic mass is 16.3. The second kappa shape index (κ2) is 9.30. The molecule has 138 valence electrons. The maximum absolute atomic E-state index is 12.1. The number of aliphatic imine (C=N–C) groups is 1. The highest BCUT2D eigenvalue weighted by molar-refractivity contribution is 5.81. The lowest BCUT2D eigenvalue weighted by Gasteiger charge is -2.20. The smallest absolute Gasteiger partial charge is 0.225 e. The number of guanidine groups is 1. The summed E-state index contributed by atoms with van der Waals surface area (Å²) in [7, 11) is 0. The number of benzene rings is 1. The standard InChI is InChI=1S/C19H30N4O2/c1-4-20-19(21-10-8-15-6-5-7-17(24)12-15)22-16-9-11-23(13-16)18(25)14(2)3/h5-7,12,14,16,24H,4,8-11,13H2,1-3H3,(H2,20,21,22). The predicted octanol–water partition coefficient (Wildman–Crippen LogP) is 1.75. The van der Waals surface area contributed by atoms with E-state index >= 15 is 0 Å². The minimum absolute atomic E-state index is 0.0444. The van der Waals surface area contributed by atoms with Gasteiger partial charge in [0.1, 0.15) is 5.75 Å². The number of hydrogen-bond donors (Lipinski definition) is 3. The first-order valence-electron chi connectivity index (χ1n) is 9.11. The molecule has 1 amide bonds. The highest BCUT2D eigenvalue weighted by Gasteiger charge is 2.27. The number of carbonyl (C=O) groups excluding carboxylic acids is 1. The van der Waals surface area contributed by atoms with Gasteiger partial charge in [0, 0.05) is 38.1 Å². The van der Waals surface area contributed by atoms with Crippen LogP contribution in [0.5, 0.6) is 5.75 Å². The van der Waals surface area contributed by atoms with Gasteiger partial charge < -0.3 is 20.6 Å². The van der Waals surface area contributed by atoms with Crippen molar-refractivity contribution in [3.05, 3.63) is 29.8 Å². The predicted molar refractivity (Wildman–Crippen MR) is 101 cm³/mol. The third kappa shape index (κ3) is 5.96. The van der Waals surface area contributed by atoms with E-state index < -0.39 is 0 Å². The summed E-state index contributed by atoms with van der Waals surface area (Å²) < 4.78 is 0. The van der Waals surface area contributed by atoms with Crippen LogP contribution < -0.4 is 10.6 Å². The third-order valence-corrected chi connectivity index (χ3v) is 4.26. The number of amides is 1. The molecule has 1 aromatic rings. The summed E-state index contributed by atoms with van der Waals surface area (Å²) in [6.07, 6.45) is 1.71. The van der Waals surface area contributed by atoms with Crippen molar-refractivity contribution in [2.75, 3.05) is 26.2 Å². The Morgan fingerprint density at radius 3 is 2.92 bits per heavy atom. The number of aromatic hydroxyl groups is 1. The van der Waals surface area contributed by atoms with Crippen LogP contribution in [-0.2, 0) is 11.2 Å². The summed E-state index contributed by atoms with van der Waals surface area (Å²) in [6, 6.07) is 7.50. The SMILES string of the molecule is CCNC(=NCCc1cccc(O)c1)NC1CCN(C(=O)C(C)C)C1. The zero-order valence-corrected chi connectivity index (χ0v) is 15.5. The van der Waals surface area contributed by atoms with Crippen LogP contribution in [0.2, 0.25) is 0 Å². The molecule has 0 bridgehead atoms. The van der Waals surface area contributed by atoms with E-state index in [-0.39, 0.29) is 23.6 Å². The Morgan fingerprint density at radius 2 is 2.24 bits per heavy atom. The topological polar surface area (TPSA) is 77.0 Å². The van der Waals surface area contributed by atoms with E-state index in [9.17, 15) is 9.90 Å². The fourth-order valence-electron chi connectivity index (χ4n) is 2.97. The van der Waals surface area contributed by atoms with Crippen LogP contribution in [0.4, 0.5) is 0 Å². The van der Waals surface area contributed by atoms with E-state index in [4.69, 9.17) is 0 Å². The van der Waals surface area contributed by atoms with Gasteiger partial charge in [-0.15, -0.1) is 0 Å². The van der Waals surface area contributed by atoms with Gasteiger partial charge in [0.15, 0.2) is 5.96 Å². The molecule has 3 N–H and O–H groups in total. The zero-order chi connectivity index (χ0) is 18.2. The van der Waals surface area contributed by atoms with E-state index in [1.54, 1.807) is 12.1 Å². The molecule has 1 unspecified atom stereocenters. The highest BCUT2D eigenvalue weighted by Crippen LogP contribution is 2.13. The molecule has 1 heterocycles. The van der Waals surface area contributed by atoms with E-state index in [0.717, 1.165) is 44.0 Å². The average molecular weight is 346 g/mol. The summed E-state index contributed by atoms with van der Waals surface area (Å²) in [5, 5.41) is 16.2. The average Bonchev–Trinajstić information content (AvgIpc) is 3.02. The number of nitrogens with zero attached hydrogens (tertiary/aromatic N) is 2. The molecule has 1 atom stereocenters. The summed E-state index contributed by atoms with van der Waals surface area (Å²) in [5.41, 5.74) is 1.06. The van der Waals surface area contributed by atoms with Gasteiger partial charge in [0.05, 0.1) is 0 Å². The van der Waals surface area contributed by atoms with E-state index in [0.29, 0.717) is 6.54 Å². The summed E-state index contributed by atoms with van der Waals surface area (Å²) in [4.78, 5) is 18.6. The molecule has 2 rings (SSSR count). The molecule has 0 aromatic heterocycles. The number of phenolic OH excluding ortho intramolecular Hbond substituents is 1. The fourth-order valence-corrected chi connectivity index (χ4v) is 2.97. The van der Waals surface area contributed by atoms with Gasteiger partial charge in [-0.05, 0) is 37.5 Å². The van der Waals surface area contributed by atoms with Crippen molar-refractivity contribution >= 4 is 11.9 Å². The lowest BCUT2D eigenvalue weighted by molar-refractivity contribution is -0.133. The van der Waals surface area contributed by atoms with Crippen molar-refractivity contribution in [2.24, 2.45) is 10.9 Å². The summed E-state index contributed by atoms with van der Waals surface area (Å²) >= 11 is 0. The first-order valence-corrected chi connectivity index (χ1v) is 9.11. The lowest BCUT2D eigenvalue weighted by Crippen LogP contribution is -2.45. The number of carbonyl (C=O) groups is 1. The van der Waals surface area contributed by atoms with Crippen LogP contribution in [0, 0.1) is 5.92 Å². The van der Waals surface area contributed by atoms with Gasteiger partial charge in [-0.2, -0.15) is 0 Å². The van der Waals surface area contributed by atoms with Crippen LogP contribution in [0.15, 0.2) is 29.3 Å². The van der Waals surface area contributed by atoms with Crippen molar-refractivity contribution in [1.82, 2.24) is 15.5 Å². The molecule has 0 saturated carbocycles. The number of hydrogen-bond acceptors (Lipinski definition) is 3. The van der Waals surface area contributed by atoms with Crippen molar-refractivity contribution in [2.45, 2.75) is 39.7 Å². The number of likely N-dealkylation sites (tertiary alicyclic amines) is 1. The normalized spacial score (nSPS) is 17.8. The van der Waals surface area contributed by atoms with E-state index in [2.05, 4.69) is 15.6 Å². The van der Waals surface area contributed by atoms with Crippen LogP contribution in [0.3, 0.4) is 0 Å². The molecule has 0 aliphatic carbocycles. The molecule has 0 radical (unpaired) electrons. The van der Waals surface area contributed by atoms with Gasteiger partial charge >= 0.3 is 0 Å². The molecule has 1 fully saturated rings. The molecule has 1 aliphatic heterocycles. The maximum atomic E-state index is 12.1. The first-order chi connectivity index (χ1) is 12.0. The largest absolute Gasteiger partial charge is 0.508 e. The quantitative estimate of drug-likeness (QED) is 0.542. The lowest BCUT2D eigenvalue weighted by atomic mass is 10.1. The molecule has 6 heteroatoms. The van der Waals surface area contributed by atoms with Crippen LogP contribution >= 0.6 is 0 Å². The molecule has 0 spiro atoms. The second-order valence-corrected chi connectivity index (χ2v) is 6.75. The Bertz CT molecular complexity index is 601. The monoisotopic (exact) mass is 346 g/mol. The number of rotatable bonds is 6. The van der Waals surface area contributed by atoms with Crippen LogP contribution in [-0.4, -0.2) is 54.1 Å². The van der Waals surface area contributed by atoms with Crippen molar-refractivity contribution < 1.29 is 9.90 Å². The van der Waals surface area contributed by atoms with E-state index in [1.807, 2.05) is 37.8 Å². The maximum Gasteiger partial charge on any atom is 0.225 e. The molecule has 25 heavy (non-hydrogen) atoms. The Kier molecular flexibility index (Phi) is 7.10.